The molecule has 0 atom stereocenters. The van der Waals surface area contributed by atoms with Gasteiger partial charge in [-0.05, 0) is 79.7 Å². The molecule has 4 N–H and O–H groups in total. The normalized spacial score (nSPS) is 10.2. The van der Waals surface area contributed by atoms with Crippen molar-refractivity contribution in [3.63, 3.8) is 0 Å². The monoisotopic (exact) mass is 433 g/mol. The molecule has 0 aliphatic carbocycles. The van der Waals surface area contributed by atoms with Crippen molar-refractivity contribution in [1.29, 1.82) is 0 Å². The van der Waals surface area contributed by atoms with E-state index in [4.69, 9.17) is 15.2 Å². The van der Waals surface area contributed by atoms with Gasteiger partial charge >= 0.3 is 0 Å². The van der Waals surface area contributed by atoms with Crippen LogP contribution in [0.3, 0.4) is 0 Å². The van der Waals surface area contributed by atoms with Crippen LogP contribution < -0.4 is 25.8 Å². The molecule has 0 aliphatic heterocycles. The number of carbonyl (C=O) groups excluding carboxylic acids is 3. The quantitative estimate of drug-likeness (QED) is 0.478. The van der Waals surface area contributed by atoms with Gasteiger partial charge < -0.3 is 25.8 Å². The van der Waals surface area contributed by atoms with Gasteiger partial charge in [0.05, 0.1) is 13.2 Å². The SMILES string of the molecule is CCOc1ccc(NC(=O)CNC(=O)c2ccc(Oc3ccc(C(N)=O)cc3)cc2)cc1. The highest BCUT2D eigenvalue weighted by Crippen LogP contribution is 2.22. The number of ether oxygens (including phenoxy) is 2. The van der Waals surface area contributed by atoms with Crippen LogP contribution in [0.5, 0.6) is 17.2 Å². The summed E-state index contributed by atoms with van der Waals surface area (Å²) >= 11 is 0. The Morgan fingerprint density at radius 2 is 1.31 bits per heavy atom. The fourth-order valence-corrected chi connectivity index (χ4v) is 2.77. The molecule has 8 heteroatoms. The van der Waals surface area contributed by atoms with Gasteiger partial charge in [-0.3, -0.25) is 14.4 Å². The number of carbonyl (C=O) groups is 3. The lowest BCUT2D eigenvalue weighted by molar-refractivity contribution is -0.115. The fourth-order valence-electron chi connectivity index (χ4n) is 2.77. The number of hydrogen-bond donors (Lipinski definition) is 3. The number of hydrogen-bond acceptors (Lipinski definition) is 5. The molecule has 32 heavy (non-hydrogen) atoms. The Kier molecular flexibility index (Phi) is 7.42. The molecule has 0 bridgehead atoms. The number of amides is 3. The molecule has 0 saturated carbocycles. The van der Waals surface area contributed by atoms with E-state index in [0.29, 0.717) is 40.7 Å². The molecule has 164 valence electrons. The van der Waals surface area contributed by atoms with Crippen molar-refractivity contribution in [2.24, 2.45) is 5.73 Å². The molecule has 3 aromatic carbocycles. The van der Waals surface area contributed by atoms with E-state index < -0.39 is 5.91 Å². The van der Waals surface area contributed by atoms with Crippen LogP contribution in [-0.2, 0) is 4.79 Å². The van der Waals surface area contributed by atoms with E-state index in [0.717, 1.165) is 0 Å². The molecule has 3 rings (SSSR count). The van der Waals surface area contributed by atoms with Crippen LogP contribution in [0.25, 0.3) is 0 Å². The highest BCUT2D eigenvalue weighted by molar-refractivity contribution is 5.99. The largest absolute Gasteiger partial charge is 0.494 e. The summed E-state index contributed by atoms with van der Waals surface area (Å²) in [6.45, 7) is 2.29. The van der Waals surface area contributed by atoms with Crippen LogP contribution in [0.1, 0.15) is 27.6 Å². The van der Waals surface area contributed by atoms with Crippen molar-refractivity contribution >= 4 is 23.4 Å². The first-order valence-corrected chi connectivity index (χ1v) is 9.93. The summed E-state index contributed by atoms with van der Waals surface area (Å²) in [4.78, 5) is 35.5. The van der Waals surface area contributed by atoms with Crippen LogP contribution in [0, 0.1) is 0 Å². The fraction of sp³-hybridized carbons (Fsp3) is 0.125. The van der Waals surface area contributed by atoms with Crippen LogP contribution in [0.15, 0.2) is 72.8 Å². The molecule has 0 saturated heterocycles. The maximum absolute atomic E-state index is 12.3. The van der Waals surface area contributed by atoms with Gasteiger partial charge in [0.2, 0.25) is 11.8 Å². The van der Waals surface area contributed by atoms with Gasteiger partial charge in [-0.25, -0.2) is 0 Å². The van der Waals surface area contributed by atoms with Crippen LogP contribution in [-0.4, -0.2) is 30.9 Å². The first kappa shape index (κ1) is 22.4. The third kappa shape index (κ3) is 6.33. The molecule has 3 amide bonds. The maximum atomic E-state index is 12.3. The van der Waals surface area contributed by atoms with E-state index in [1.54, 1.807) is 72.8 Å². The number of nitrogens with two attached hydrogens (primary N) is 1. The van der Waals surface area contributed by atoms with E-state index in [-0.39, 0.29) is 18.4 Å². The minimum absolute atomic E-state index is 0.170. The summed E-state index contributed by atoms with van der Waals surface area (Å²) in [7, 11) is 0. The first-order valence-electron chi connectivity index (χ1n) is 9.93. The second-order valence-electron chi connectivity index (χ2n) is 6.70. The van der Waals surface area contributed by atoms with Gasteiger partial charge in [0.1, 0.15) is 17.2 Å². The predicted octanol–water partition coefficient (Wildman–Crippen LogP) is 3.35. The van der Waals surface area contributed by atoms with Crippen molar-refractivity contribution in [3.05, 3.63) is 83.9 Å². The maximum Gasteiger partial charge on any atom is 0.251 e. The zero-order chi connectivity index (χ0) is 22.9. The predicted molar refractivity (Wildman–Crippen MR) is 120 cm³/mol. The second kappa shape index (κ2) is 10.6. The zero-order valence-electron chi connectivity index (χ0n) is 17.5. The van der Waals surface area contributed by atoms with Crippen molar-refractivity contribution in [3.8, 4) is 17.2 Å². The van der Waals surface area contributed by atoms with E-state index in [1.165, 1.54) is 0 Å². The van der Waals surface area contributed by atoms with Gasteiger partial charge in [0, 0.05) is 16.8 Å². The Bertz CT molecular complexity index is 1080. The Morgan fingerprint density at radius 3 is 1.84 bits per heavy atom. The summed E-state index contributed by atoms with van der Waals surface area (Å²) in [6.07, 6.45) is 0. The Hall–Kier alpha value is -4.33. The topological polar surface area (TPSA) is 120 Å². The Balaban J connectivity index is 1.48. The van der Waals surface area contributed by atoms with Gasteiger partial charge in [-0.15, -0.1) is 0 Å². The second-order valence-corrected chi connectivity index (χ2v) is 6.70. The molecule has 0 aromatic heterocycles. The van der Waals surface area contributed by atoms with E-state index in [2.05, 4.69) is 10.6 Å². The third-order valence-corrected chi connectivity index (χ3v) is 4.35. The lowest BCUT2D eigenvalue weighted by atomic mass is 10.2. The number of nitrogens with one attached hydrogen (secondary N) is 2. The van der Waals surface area contributed by atoms with Crippen molar-refractivity contribution < 1.29 is 23.9 Å². The molecular formula is C24H23N3O5. The van der Waals surface area contributed by atoms with Gasteiger partial charge in [0.15, 0.2) is 0 Å². The van der Waals surface area contributed by atoms with Gasteiger partial charge in [-0.2, -0.15) is 0 Å². The molecule has 0 radical (unpaired) electrons. The highest BCUT2D eigenvalue weighted by atomic mass is 16.5. The minimum atomic E-state index is -0.514. The van der Waals surface area contributed by atoms with Gasteiger partial charge in [0.25, 0.3) is 5.91 Å². The van der Waals surface area contributed by atoms with Crippen LogP contribution in [0.4, 0.5) is 5.69 Å². The average Bonchev–Trinajstić information content (AvgIpc) is 2.80. The molecule has 3 aromatic rings. The van der Waals surface area contributed by atoms with Gasteiger partial charge in [-0.1, -0.05) is 0 Å². The summed E-state index contributed by atoms with van der Waals surface area (Å²) in [5, 5.41) is 5.28. The third-order valence-electron chi connectivity index (χ3n) is 4.35. The molecule has 0 heterocycles. The van der Waals surface area contributed by atoms with Crippen LogP contribution >= 0.6 is 0 Å². The summed E-state index contributed by atoms with van der Waals surface area (Å²) in [6, 6.07) is 19.8. The van der Waals surface area contributed by atoms with Crippen molar-refractivity contribution in [2.45, 2.75) is 6.92 Å². The highest BCUT2D eigenvalue weighted by Gasteiger charge is 2.09. The summed E-state index contributed by atoms with van der Waals surface area (Å²) < 4.78 is 11.0. The summed E-state index contributed by atoms with van der Waals surface area (Å²) in [5.74, 6) is 0.514. The molecular weight excluding hydrogens is 410 g/mol. The average molecular weight is 433 g/mol. The number of rotatable bonds is 9. The molecule has 0 aliphatic rings. The number of benzene rings is 3. The van der Waals surface area contributed by atoms with Crippen molar-refractivity contribution in [1.82, 2.24) is 5.32 Å². The molecule has 8 nitrogen and oxygen atoms in total. The summed E-state index contributed by atoms with van der Waals surface area (Å²) in [5.41, 5.74) is 6.59. The van der Waals surface area contributed by atoms with E-state index in [1.807, 2.05) is 6.92 Å². The number of anilines is 1. The Morgan fingerprint density at radius 1 is 0.781 bits per heavy atom. The first-order chi connectivity index (χ1) is 15.4. The number of primary amides is 1. The van der Waals surface area contributed by atoms with E-state index in [9.17, 15) is 14.4 Å². The van der Waals surface area contributed by atoms with Crippen molar-refractivity contribution in [2.75, 3.05) is 18.5 Å². The lowest BCUT2D eigenvalue weighted by Crippen LogP contribution is -2.32. The van der Waals surface area contributed by atoms with E-state index >= 15 is 0 Å². The molecule has 0 unspecified atom stereocenters. The lowest BCUT2D eigenvalue weighted by Gasteiger charge is -2.09. The standard InChI is InChI=1S/C24H23N3O5/c1-2-31-19-13-7-18(8-14-19)27-22(28)15-26-24(30)17-5-11-21(12-6-17)32-20-9-3-16(4-10-20)23(25)29/h3-14H,2,15H2,1H3,(H2,25,29)(H,26,30)(H,27,28). The zero-order valence-corrected chi connectivity index (χ0v) is 17.5. The smallest absolute Gasteiger partial charge is 0.251 e. The molecule has 0 fully saturated rings. The Labute approximate surface area is 185 Å². The van der Waals surface area contributed by atoms with Crippen LogP contribution in [0.2, 0.25) is 0 Å². The molecule has 0 spiro atoms. The minimum Gasteiger partial charge on any atom is -0.494 e.